The van der Waals surface area contributed by atoms with Crippen molar-refractivity contribution >= 4 is 23.2 Å². The van der Waals surface area contributed by atoms with Crippen LogP contribution in [-0.2, 0) is 4.79 Å². The molecule has 44 valence electrons. The van der Waals surface area contributed by atoms with Gasteiger partial charge in [-0.2, -0.15) is 0 Å². The van der Waals surface area contributed by atoms with E-state index in [4.69, 9.17) is 5.73 Å². The maximum atomic E-state index is 9.98. The number of thioether (sulfide) groups is 1. The lowest BCUT2D eigenvalue weighted by Gasteiger charge is -1.86. The maximum Gasteiger partial charge on any atom is 0.154 e. The zero-order valence-corrected chi connectivity index (χ0v) is 5.02. The van der Waals surface area contributed by atoms with E-state index in [2.05, 4.69) is 4.99 Å². The van der Waals surface area contributed by atoms with E-state index in [1.54, 1.807) is 0 Å². The van der Waals surface area contributed by atoms with Gasteiger partial charge in [-0.25, -0.2) is 0 Å². The van der Waals surface area contributed by atoms with E-state index in [-0.39, 0.29) is 6.04 Å². The van der Waals surface area contributed by atoms with Crippen molar-refractivity contribution < 1.29 is 4.79 Å². The highest BCUT2D eigenvalue weighted by Crippen LogP contribution is 2.12. The molecule has 2 N–H and O–H groups in total. The van der Waals surface area contributed by atoms with Gasteiger partial charge in [-0.3, -0.25) is 4.99 Å². The first-order valence-corrected chi connectivity index (χ1v) is 3.23. The Morgan fingerprint density at radius 2 is 2.75 bits per heavy atom. The molecular weight excluding hydrogens is 124 g/mol. The summed E-state index contributed by atoms with van der Waals surface area (Å²) in [6.07, 6.45) is 0.812. The molecule has 0 amide bonds. The van der Waals surface area contributed by atoms with Crippen LogP contribution in [0.15, 0.2) is 4.99 Å². The van der Waals surface area contributed by atoms with Gasteiger partial charge in [0.15, 0.2) is 5.17 Å². The topological polar surface area (TPSA) is 55.4 Å². The largest absolute Gasteiger partial charge is 0.379 e. The molecule has 1 unspecified atom stereocenters. The van der Waals surface area contributed by atoms with Crippen molar-refractivity contribution in [2.24, 2.45) is 10.7 Å². The summed E-state index contributed by atoms with van der Waals surface area (Å²) < 4.78 is 0. The van der Waals surface area contributed by atoms with Crippen LogP contribution in [0.2, 0.25) is 0 Å². The third-order valence-electron chi connectivity index (χ3n) is 0.852. The van der Waals surface area contributed by atoms with E-state index in [1.165, 1.54) is 11.8 Å². The fourth-order valence-corrected chi connectivity index (χ4v) is 1.18. The fourth-order valence-electron chi connectivity index (χ4n) is 0.478. The zero-order chi connectivity index (χ0) is 5.98. The van der Waals surface area contributed by atoms with Crippen LogP contribution < -0.4 is 5.73 Å². The molecule has 1 rings (SSSR count). The Labute approximate surface area is 51.3 Å². The number of hydrogen-bond donors (Lipinski definition) is 1. The molecule has 0 aromatic heterocycles. The number of aldehydes is 1. The van der Waals surface area contributed by atoms with Gasteiger partial charge in [-0.05, 0) is 0 Å². The Bertz CT molecular complexity index is 134. The van der Waals surface area contributed by atoms with Crippen LogP contribution >= 0.6 is 11.8 Å². The van der Waals surface area contributed by atoms with Crippen molar-refractivity contribution in [3.8, 4) is 0 Å². The van der Waals surface area contributed by atoms with Crippen molar-refractivity contribution in [1.82, 2.24) is 0 Å². The average molecular weight is 130 g/mol. The third-order valence-corrected chi connectivity index (χ3v) is 1.76. The Hall–Kier alpha value is -0.510. The van der Waals surface area contributed by atoms with Crippen molar-refractivity contribution in [3.63, 3.8) is 0 Å². The van der Waals surface area contributed by atoms with Gasteiger partial charge in [0.25, 0.3) is 0 Å². The van der Waals surface area contributed by atoms with Crippen molar-refractivity contribution in [3.05, 3.63) is 0 Å². The van der Waals surface area contributed by atoms with Crippen LogP contribution in [0.4, 0.5) is 0 Å². The highest BCUT2D eigenvalue weighted by atomic mass is 32.2. The first-order valence-electron chi connectivity index (χ1n) is 2.24. The molecule has 0 saturated heterocycles. The van der Waals surface area contributed by atoms with E-state index in [1.807, 2.05) is 0 Å². The Morgan fingerprint density at radius 3 is 3.00 bits per heavy atom. The van der Waals surface area contributed by atoms with Crippen LogP contribution in [0.3, 0.4) is 0 Å². The number of carbonyl (C=O) groups excluding carboxylic acids is 1. The van der Waals surface area contributed by atoms with Crippen molar-refractivity contribution in [2.75, 3.05) is 5.75 Å². The molecule has 0 aliphatic carbocycles. The monoisotopic (exact) mass is 130 g/mol. The molecule has 1 aliphatic heterocycles. The summed E-state index contributed by atoms with van der Waals surface area (Å²) in [5.74, 6) is 0.718. The predicted octanol–water partition coefficient (Wildman–Crippen LogP) is -0.385. The molecule has 0 spiro atoms. The number of hydrogen-bond acceptors (Lipinski definition) is 4. The van der Waals surface area contributed by atoms with Gasteiger partial charge >= 0.3 is 0 Å². The van der Waals surface area contributed by atoms with E-state index in [0.717, 1.165) is 12.0 Å². The van der Waals surface area contributed by atoms with E-state index in [9.17, 15) is 4.79 Å². The van der Waals surface area contributed by atoms with Gasteiger partial charge in [0.05, 0.1) is 0 Å². The summed E-state index contributed by atoms with van der Waals surface area (Å²) in [5, 5.41) is 0.530. The molecular formula is C4H6N2OS. The highest BCUT2D eigenvalue weighted by molar-refractivity contribution is 8.14. The molecule has 4 heteroatoms. The lowest BCUT2D eigenvalue weighted by Crippen LogP contribution is -2.04. The second kappa shape index (κ2) is 2.17. The lowest BCUT2D eigenvalue weighted by atomic mass is 10.4. The molecule has 0 aromatic rings. The lowest BCUT2D eigenvalue weighted by molar-refractivity contribution is -0.108. The average Bonchev–Trinajstić information content (AvgIpc) is 2.14. The summed E-state index contributed by atoms with van der Waals surface area (Å²) in [4.78, 5) is 13.8. The highest BCUT2D eigenvalue weighted by Gasteiger charge is 2.13. The van der Waals surface area contributed by atoms with Crippen LogP contribution in [0, 0.1) is 0 Å². The molecule has 0 radical (unpaired) electrons. The molecule has 0 aromatic carbocycles. The van der Waals surface area contributed by atoms with Crippen LogP contribution in [0.5, 0.6) is 0 Å². The molecule has 0 saturated carbocycles. The van der Waals surface area contributed by atoms with Gasteiger partial charge in [-0.15, -0.1) is 0 Å². The van der Waals surface area contributed by atoms with Crippen molar-refractivity contribution in [2.45, 2.75) is 6.04 Å². The number of rotatable bonds is 1. The molecule has 1 heterocycles. The first kappa shape index (κ1) is 5.62. The number of amidine groups is 1. The normalized spacial score (nSPS) is 27.5. The smallest absolute Gasteiger partial charge is 0.154 e. The standard InChI is InChI=1S/C4H6N2OS/c5-4-6-3(1-7)2-8-4/h1,3H,2H2,(H2,5,6). The minimum atomic E-state index is -0.181. The van der Waals surface area contributed by atoms with Gasteiger partial charge in [0, 0.05) is 5.75 Å². The molecule has 8 heavy (non-hydrogen) atoms. The predicted molar refractivity (Wildman–Crippen MR) is 33.9 cm³/mol. The van der Waals surface area contributed by atoms with Gasteiger partial charge in [0.2, 0.25) is 0 Å². The second-order valence-electron chi connectivity index (χ2n) is 1.48. The number of aliphatic imine (C=N–C) groups is 1. The second-order valence-corrected chi connectivity index (χ2v) is 2.52. The van der Waals surface area contributed by atoms with Crippen molar-refractivity contribution in [1.29, 1.82) is 0 Å². The number of nitrogens with two attached hydrogens (primary N) is 1. The van der Waals surface area contributed by atoms with Gasteiger partial charge in [-0.1, -0.05) is 11.8 Å². The van der Waals surface area contributed by atoms with Crippen LogP contribution in [0.1, 0.15) is 0 Å². The zero-order valence-electron chi connectivity index (χ0n) is 4.20. The Kier molecular flexibility index (Phi) is 1.53. The number of nitrogens with zero attached hydrogens (tertiary/aromatic N) is 1. The van der Waals surface area contributed by atoms with Gasteiger partial charge < -0.3 is 10.5 Å². The summed E-state index contributed by atoms with van der Waals surface area (Å²) in [6, 6.07) is -0.181. The Morgan fingerprint density at radius 1 is 2.00 bits per heavy atom. The minimum absolute atomic E-state index is 0.181. The molecule has 0 fully saturated rings. The summed E-state index contributed by atoms with van der Waals surface area (Å²) in [6.45, 7) is 0. The van der Waals surface area contributed by atoms with Gasteiger partial charge in [0.1, 0.15) is 12.3 Å². The van der Waals surface area contributed by atoms with Crippen LogP contribution in [-0.4, -0.2) is 23.2 Å². The quantitative estimate of drug-likeness (QED) is 0.492. The van der Waals surface area contributed by atoms with Crippen LogP contribution in [0.25, 0.3) is 0 Å². The minimum Gasteiger partial charge on any atom is -0.379 e. The first-order chi connectivity index (χ1) is 3.83. The number of carbonyl (C=O) groups is 1. The summed E-state index contributed by atoms with van der Waals surface area (Å²) >= 11 is 1.43. The molecule has 0 bridgehead atoms. The van der Waals surface area contributed by atoms with E-state index < -0.39 is 0 Å². The molecule has 1 atom stereocenters. The maximum absolute atomic E-state index is 9.98. The SMILES string of the molecule is NC1=NC(C=O)CS1. The summed E-state index contributed by atoms with van der Waals surface area (Å²) in [5.41, 5.74) is 5.25. The summed E-state index contributed by atoms with van der Waals surface area (Å²) in [7, 11) is 0. The van der Waals surface area contributed by atoms with E-state index in [0.29, 0.717) is 5.17 Å². The Balaban J connectivity index is 2.53. The molecule has 1 aliphatic rings. The third kappa shape index (κ3) is 1.01. The fraction of sp³-hybridized carbons (Fsp3) is 0.500. The molecule has 3 nitrogen and oxygen atoms in total. The van der Waals surface area contributed by atoms with E-state index >= 15 is 0 Å².